The molecule has 2 aromatic rings. The fourth-order valence-corrected chi connectivity index (χ4v) is 4.02. The highest BCUT2D eigenvalue weighted by atomic mass is 32.1. The Hall–Kier alpha value is -1.96. The Bertz CT molecular complexity index is 732. The number of fused-ring (bicyclic) bond motifs is 1. The molecule has 130 valence electrons. The van der Waals surface area contributed by atoms with Crippen molar-refractivity contribution in [1.29, 1.82) is 0 Å². The molecule has 0 atom stereocenters. The van der Waals surface area contributed by atoms with Crippen molar-refractivity contribution >= 4 is 16.3 Å². The average Bonchev–Trinajstić information content (AvgIpc) is 2.95. The summed E-state index contributed by atoms with van der Waals surface area (Å²) in [6.07, 6.45) is 0. The largest absolute Gasteiger partial charge is 0.496 e. The summed E-state index contributed by atoms with van der Waals surface area (Å²) in [5, 5.41) is 14.7. The maximum atomic E-state index is 10.1. The third-order valence-corrected chi connectivity index (χ3v) is 5.39. The topological polar surface area (TPSA) is 54.4 Å². The van der Waals surface area contributed by atoms with Crippen molar-refractivity contribution in [3.63, 3.8) is 0 Å². The molecule has 1 aromatic heterocycles. The van der Waals surface area contributed by atoms with E-state index in [1.54, 1.807) is 32.7 Å². The van der Waals surface area contributed by atoms with Gasteiger partial charge in [0.05, 0.1) is 39.5 Å². The predicted molar refractivity (Wildman–Crippen MR) is 93.5 cm³/mol. The summed E-state index contributed by atoms with van der Waals surface area (Å²) in [4.78, 5) is 2.14. The van der Waals surface area contributed by atoms with Crippen molar-refractivity contribution in [3.05, 3.63) is 34.2 Å². The van der Waals surface area contributed by atoms with Gasteiger partial charge in [-0.15, -0.1) is 11.3 Å². The molecule has 0 amide bonds. The second-order valence-electron chi connectivity index (χ2n) is 5.73. The Kier molecular flexibility index (Phi) is 4.84. The molecule has 0 radical (unpaired) electrons. The molecule has 0 fully saturated rings. The Morgan fingerprint density at radius 3 is 2.42 bits per heavy atom. The lowest BCUT2D eigenvalue weighted by molar-refractivity contribution is -0.103. The van der Waals surface area contributed by atoms with Gasteiger partial charge in [0.25, 0.3) is 0 Å². The zero-order chi connectivity index (χ0) is 17.3. The first-order chi connectivity index (χ1) is 11.6. The summed E-state index contributed by atoms with van der Waals surface area (Å²) in [6, 6.07) is 3.75. The summed E-state index contributed by atoms with van der Waals surface area (Å²) < 4.78 is 16.3. The molecule has 24 heavy (non-hydrogen) atoms. The molecule has 1 aliphatic rings. The van der Waals surface area contributed by atoms with Gasteiger partial charge in [0, 0.05) is 23.7 Å². The monoisotopic (exact) mass is 350 g/mol. The maximum absolute atomic E-state index is 10.1. The summed E-state index contributed by atoms with van der Waals surface area (Å²) in [5.41, 5.74) is 3.36. The zero-order valence-corrected chi connectivity index (χ0v) is 15.1. The van der Waals surface area contributed by atoms with Crippen molar-refractivity contribution in [3.8, 4) is 17.2 Å². The first kappa shape index (κ1) is 16.9. The maximum Gasteiger partial charge on any atom is 0.164 e. The molecule has 2 heterocycles. The van der Waals surface area contributed by atoms with Crippen LogP contribution in [0.5, 0.6) is 17.2 Å². The van der Waals surface area contributed by atoms with Gasteiger partial charge < -0.3 is 24.3 Å². The molecule has 1 N–H and O–H groups in total. The van der Waals surface area contributed by atoms with Crippen LogP contribution in [-0.4, -0.2) is 38.3 Å². The second-order valence-corrected chi connectivity index (χ2v) is 6.58. The van der Waals surface area contributed by atoms with E-state index in [1.165, 1.54) is 21.2 Å². The fraction of sp³-hybridized carbons (Fsp3) is 0.412. The molecule has 7 heteroatoms. The number of aryl methyl sites for hydroxylation is 1. The van der Waals surface area contributed by atoms with Crippen LogP contribution in [-0.2, 0) is 13.1 Å². The second kappa shape index (κ2) is 6.88. The van der Waals surface area contributed by atoms with E-state index in [9.17, 15) is 5.21 Å². The lowest BCUT2D eigenvalue weighted by Gasteiger charge is -2.34. The van der Waals surface area contributed by atoms with Crippen molar-refractivity contribution < 1.29 is 19.4 Å². The van der Waals surface area contributed by atoms with E-state index in [-0.39, 0.29) is 0 Å². The number of anilines is 1. The highest BCUT2D eigenvalue weighted by Gasteiger charge is 2.26. The Balaban J connectivity index is 1.96. The van der Waals surface area contributed by atoms with Gasteiger partial charge in [0.2, 0.25) is 0 Å². The molecule has 1 aliphatic heterocycles. The van der Waals surface area contributed by atoms with Gasteiger partial charge in [-0.1, -0.05) is 0 Å². The Labute approximate surface area is 145 Å². The van der Waals surface area contributed by atoms with Gasteiger partial charge >= 0.3 is 0 Å². The van der Waals surface area contributed by atoms with Crippen LogP contribution in [0.25, 0.3) is 0 Å². The van der Waals surface area contributed by atoms with Gasteiger partial charge in [-0.3, -0.25) is 0 Å². The van der Waals surface area contributed by atoms with Crippen LogP contribution in [0.15, 0.2) is 17.5 Å². The highest BCUT2D eigenvalue weighted by Crippen LogP contribution is 2.39. The smallest absolute Gasteiger partial charge is 0.164 e. The molecule has 3 rings (SSSR count). The average molecular weight is 350 g/mol. The van der Waals surface area contributed by atoms with E-state index < -0.39 is 0 Å². The van der Waals surface area contributed by atoms with Gasteiger partial charge in [-0.2, -0.15) is 5.06 Å². The summed E-state index contributed by atoms with van der Waals surface area (Å²) >= 11 is 1.70. The highest BCUT2D eigenvalue weighted by molar-refractivity contribution is 7.14. The van der Waals surface area contributed by atoms with E-state index >= 15 is 0 Å². The molecule has 0 aliphatic carbocycles. The number of ether oxygens (including phenoxy) is 3. The number of benzene rings is 1. The van der Waals surface area contributed by atoms with E-state index in [1.807, 2.05) is 12.1 Å². The lowest BCUT2D eigenvalue weighted by atomic mass is 10.1. The van der Waals surface area contributed by atoms with Gasteiger partial charge in [-0.05, 0) is 23.9 Å². The summed E-state index contributed by atoms with van der Waals surface area (Å²) in [7, 11) is 4.86. The molecule has 0 saturated heterocycles. The van der Waals surface area contributed by atoms with Crippen LogP contribution >= 0.6 is 11.3 Å². The Morgan fingerprint density at radius 2 is 1.75 bits per heavy atom. The quantitative estimate of drug-likeness (QED) is 0.893. The molecule has 0 bridgehead atoms. The van der Waals surface area contributed by atoms with Crippen molar-refractivity contribution in [2.45, 2.75) is 20.0 Å². The molecular weight excluding hydrogens is 328 g/mol. The number of hydrogen-bond acceptors (Lipinski definition) is 7. The number of hydrogen-bond donors (Lipinski definition) is 1. The zero-order valence-electron chi connectivity index (χ0n) is 14.3. The number of nitrogens with zero attached hydrogens (tertiary/aromatic N) is 2. The van der Waals surface area contributed by atoms with Crippen molar-refractivity contribution in [2.24, 2.45) is 0 Å². The Morgan fingerprint density at radius 1 is 1.08 bits per heavy atom. The molecular formula is C17H22N2O4S. The number of thiophene rings is 1. The normalized spacial score (nSPS) is 14.5. The molecule has 0 unspecified atom stereocenters. The summed E-state index contributed by atoms with van der Waals surface area (Å²) in [5.74, 6) is 2.03. The van der Waals surface area contributed by atoms with Crippen LogP contribution in [0.3, 0.4) is 0 Å². The standard InChI is InChI=1S/C17H22N2O4S/c1-11-9-24-17-13(11)8-19(20)10-18(17)7-12-5-15(22-3)16(23-4)6-14(12)21-2/h5-6,9,20H,7-8,10H2,1-4H3. The number of hydroxylamine groups is 2. The first-order valence-electron chi connectivity index (χ1n) is 7.62. The molecule has 0 saturated carbocycles. The number of rotatable bonds is 5. The van der Waals surface area contributed by atoms with E-state index in [0.717, 1.165) is 11.3 Å². The van der Waals surface area contributed by atoms with E-state index in [2.05, 4.69) is 17.2 Å². The molecule has 0 spiro atoms. The van der Waals surface area contributed by atoms with Crippen molar-refractivity contribution in [1.82, 2.24) is 5.06 Å². The fourth-order valence-electron chi connectivity index (χ4n) is 2.95. The molecule has 6 nitrogen and oxygen atoms in total. The van der Waals surface area contributed by atoms with E-state index in [0.29, 0.717) is 31.3 Å². The van der Waals surface area contributed by atoms with Crippen LogP contribution in [0.1, 0.15) is 16.7 Å². The summed E-state index contributed by atoms with van der Waals surface area (Å²) in [6.45, 7) is 3.69. The van der Waals surface area contributed by atoms with Crippen LogP contribution in [0.2, 0.25) is 0 Å². The molecule has 1 aromatic carbocycles. The van der Waals surface area contributed by atoms with Crippen LogP contribution in [0.4, 0.5) is 5.00 Å². The van der Waals surface area contributed by atoms with Gasteiger partial charge in [-0.25, -0.2) is 0 Å². The first-order valence-corrected chi connectivity index (χ1v) is 8.50. The third kappa shape index (κ3) is 3.02. The minimum absolute atomic E-state index is 0.449. The van der Waals surface area contributed by atoms with Gasteiger partial charge in [0.15, 0.2) is 11.5 Å². The third-order valence-electron chi connectivity index (χ3n) is 4.19. The van der Waals surface area contributed by atoms with Crippen LogP contribution in [0, 0.1) is 6.92 Å². The van der Waals surface area contributed by atoms with E-state index in [4.69, 9.17) is 14.2 Å². The minimum Gasteiger partial charge on any atom is -0.496 e. The van der Waals surface area contributed by atoms with Gasteiger partial charge in [0.1, 0.15) is 5.75 Å². The number of methoxy groups -OCH3 is 3. The van der Waals surface area contributed by atoms with Crippen molar-refractivity contribution in [2.75, 3.05) is 32.9 Å². The predicted octanol–water partition coefficient (Wildman–Crippen LogP) is 3.25. The van der Waals surface area contributed by atoms with Crippen LogP contribution < -0.4 is 19.1 Å². The SMILES string of the molecule is COc1cc(OC)c(OC)cc1CN1CN(O)Cc2c(C)csc21. The minimum atomic E-state index is 0.449. The lowest BCUT2D eigenvalue weighted by Crippen LogP contribution is -2.39.